The minimum atomic E-state index is -4.37. The first-order valence-corrected chi connectivity index (χ1v) is 5.95. The molecule has 0 spiro atoms. The van der Waals surface area contributed by atoms with Gasteiger partial charge in [0.1, 0.15) is 5.82 Å². The lowest BCUT2D eigenvalue weighted by atomic mass is 10.1. The molecule has 0 amide bonds. The number of aromatic nitrogens is 2. The maximum atomic E-state index is 12.5. The van der Waals surface area contributed by atoms with Crippen LogP contribution < -0.4 is 11.3 Å². The van der Waals surface area contributed by atoms with Gasteiger partial charge >= 0.3 is 6.18 Å². The first-order chi connectivity index (χ1) is 9.21. The van der Waals surface area contributed by atoms with Crippen molar-refractivity contribution in [1.82, 2.24) is 9.78 Å². The molecule has 2 aromatic rings. The van der Waals surface area contributed by atoms with Gasteiger partial charge < -0.3 is 5.73 Å². The Kier molecular flexibility index (Phi) is 3.37. The van der Waals surface area contributed by atoms with Crippen LogP contribution in [0.25, 0.3) is 0 Å². The summed E-state index contributed by atoms with van der Waals surface area (Å²) in [5.41, 5.74) is 5.59. The molecule has 3 N–H and O–H groups in total. The number of nitrogens with zero attached hydrogens (tertiary/aromatic N) is 1. The van der Waals surface area contributed by atoms with Gasteiger partial charge in [-0.15, -0.1) is 0 Å². The fraction of sp³-hybridized carbons (Fsp3) is 0.308. The van der Waals surface area contributed by atoms with Gasteiger partial charge in [-0.1, -0.05) is 12.1 Å². The molecule has 0 saturated carbocycles. The van der Waals surface area contributed by atoms with Gasteiger partial charge in [0, 0.05) is 0 Å². The van der Waals surface area contributed by atoms with E-state index in [1.54, 1.807) is 13.8 Å². The molecule has 0 aliphatic carbocycles. The highest BCUT2D eigenvalue weighted by molar-refractivity contribution is 5.36. The lowest BCUT2D eigenvalue weighted by molar-refractivity contribution is -0.137. The second kappa shape index (κ2) is 4.73. The predicted octanol–water partition coefficient (Wildman–Crippen LogP) is 2.70. The maximum Gasteiger partial charge on any atom is 0.416 e. The Labute approximate surface area is 113 Å². The molecule has 4 nitrogen and oxygen atoms in total. The van der Waals surface area contributed by atoms with E-state index in [0.717, 1.165) is 12.1 Å². The van der Waals surface area contributed by atoms with Crippen molar-refractivity contribution in [3.8, 4) is 0 Å². The van der Waals surface area contributed by atoms with Crippen LogP contribution in [0.2, 0.25) is 0 Å². The number of benzene rings is 1. The second-order valence-corrected chi connectivity index (χ2v) is 4.62. The minimum Gasteiger partial charge on any atom is -0.384 e. The SMILES string of the molecule is Cc1c(N)[nH]n(C(C)c2ccc(C(F)(F)F)cc2)c1=O. The molecule has 1 heterocycles. The lowest BCUT2D eigenvalue weighted by Crippen LogP contribution is -2.22. The van der Waals surface area contributed by atoms with E-state index in [2.05, 4.69) is 5.10 Å². The van der Waals surface area contributed by atoms with E-state index in [-0.39, 0.29) is 11.4 Å². The van der Waals surface area contributed by atoms with Crippen LogP contribution in [0.5, 0.6) is 0 Å². The molecule has 2 rings (SSSR count). The number of alkyl halides is 3. The number of rotatable bonds is 2. The first-order valence-electron chi connectivity index (χ1n) is 5.95. The Morgan fingerprint density at radius 3 is 2.20 bits per heavy atom. The molecule has 108 valence electrons. The number of nitrogens with two attached hydrogens (primary N) is 1. The van der Waals surface area contributed by atoms with E-state index in [1.165, 1.54) is 16.8 Å². The molecule has 0 bridgehead atoms. The first kappa shape index (κ1) is 14.2. The zero-order valence-corrected chi connectivity index (χ0v) is 11.0. The Bertz CT molecular complexity index is 668. The number of nitrogens with one attached hydrogen (secondary N) is 1. The molecule has 1 unspecified atom stereocenters. The molecule has 1 aromatic carbocycles. The van der Waals surface area contributed by atoms with Gasteiger partial charge in [-0.2, -0.15) is 13.2 Å². The van der Waals surface area contributed by atoms with Crippen LogP contribution in [0.3, 0.4) is 0 Å². The van der Waals surface area contributed by atoms with Crippen molar-refractivity contribution >= 4 is 5.82 Å². The van der Waals surface area contributed by atoms with Crippen LogP contribution in [0.1, 0.15) is 29.7 Å². The van der Waals surface area contributed by atoms with E-state index >= 15 is 0 Å². The number of hydrogen-bond donors (Lipinski definition) is 2. The zero-order valence-electron chi connectivity index (χ0n) is 11.0. The summed E-state index contributed by atoms with van der Waals surface area (Å²) in [7, 11) is 0. The molecule has 0 saturated heterocycles. The van der Waals surface area contributed by atoms with Crippen molar-refractivity contribution in [2.75, 3.05) is 5.73 Å². The highest BCUT2D eigenvalue weighted by atomic mass is 19.4. The van der Waals surface area contributed by atoms with Crippen LogP contribution in [0, 0.1) is 6.92 Å². The Balaban J connectivity index is 2.36. The Morgan fingerprint density at radius 1 is 1.25 bits per heavy atom. The van der Waals surface area contributed by atoms with Gasteiger partial charge in [0.2, 0.25) is 0 Å². The molecular weight excluding hydrogens is 271 g/mol. The van der Waals surface area contributed by atoms with E-state index in [0.29, 0.717) is 11.1 Å². The lowest BCUT2D eigenvalue weighted by Gasteiger charge is -2.14. The number of nitrogen functional groups attached to an aromatic ring is 1. The summed E-state index contributed by atoms with van der Waals surface area (Å²) in [5, 5.41) is 2.72. The fourth-order valence-corrected chi connectivity index (χ4v) is 1.93. The largest absolute Gasteiger partial charge is 0.416 e. The Hall–Kier alpha value is -2.18. The standard InChI is InChI=1S/C13H14F3N3O/c1-7-11(17)18-19(12(7)20)8(2)9-3-5-10(6-4-9)13(14,15)16/h3-6,8,18H,17H2,1-2H3. The van der Waals surface area contributed by atoms with Crippen molar-refractivity contribution in [2.45, 2.75) is 26.1 Å². The molecule has 1 atom stereocenters. The van der Waals surface area contributed by atoms with Crippen LogP contribution >= 0.6 is 0 Å². The summed E-state index contributed by atoms with van der Waals surface area (Å²) in [6.45, 7) is 3.30. The summed E-state index contributed by atoms with van der Waals surface area (Å²) in [6, 6.07) is 4.27. The zero-order chi connectivity index (χ0) is 15.1. The second-order valence-electron chi connectivity index (χ2n) is 4.62. The predicted molar refractivity (Wildman–Crippen MR) is 69.5 cm³/mol. The highest BCUT2D eigenvalue weighted by Crippen LogP contribution is 2.30. The quantitative estimate of drug-likeness (QED) is 0.891. The van der Waals surface area contributed by atoms with Crippen molar-refractivity contribution in [3.63, 3.8) is 0 Å². The van der Waals surface area contributed by atoms with Crippen LogP contribution in [0.4, 0.5) is 19.0 Å². The van der Waals surface area contributed by atoms with Crippen molar-refractivity contribution in [1.29, 1.82) is 0 Å². The van der Waals surface area contributed by atoms with Gasteiger partial charge in [-0.05, 0) is 31.5 Å². The number of halogens is 3. The third-order valence-corrected chi connectivity index (χ3v) is 3.29. The number of H-pyrrole nitrogens is 1. The highest BCUT2D eigenvalue weighted by Gasteiger charge is 2.30. The molecule has 20 heavy (non-hydrogen) atoms. The average molecular weight is 285 g/mol. The molecule has 0 aliphatic heterocycles. The van der Waals surface area contributed by atoms with Crippen LogP contribution in [0.15, 0.2) is 29.1 Å². The van der Waals surface area contributed by atoms with Crippen molar-refractivity contribution in [3.05, 3.63) is 51.3 Å². The molecule has 0 fully saturated rings. The van der Waals surface area contributed by atoms with Crippen LogP contribution in [-0.4, -0.2) is 9.78 Å². The van der Waals surface area contributed by atoms with Gasteiger partial charge in [0.25, 0.3) is 5.56 Å². The van der Waals surface area contributed by atoms with Crippen molar-refractivity contribution in [2.24, 2.45) is 0 Å². The third-order valence-electron chi connectivity index (χ3n) is 3.29. The van der Waals surface area contributed by atoms with Gasteiger partial charge in [-0.25, -0.2) is 4.68 Å². The minimum absolute atomic E-state index is 0.258. The molecular formula is C13H14F3N3O. The summed E-state index contributed by atoms with van der Waals surface area (Å²) >= 11 is 0. The molecule has 1 aromatic heterocycles. The summed E-state index contributed by atoms with van der Waals surface area (Å²) < 4.78 is 38.8. The van der Waals surface area contributed by atoms with Gasteiger partial charge in [0.05, 0.1) is 17.2 Å². The van der Waals surface area contributed by atoms with E-state index in [1.807, 2.05) is 0 Å². The molecule has 0 radical (unpaired) electrons. The molecule has 7 heteroatoms. The van der Waals surface area contributed by atoms with E-state index < -0.39 is 17.8 Å². The molecule has 0 aliphatic rings. The van der Waals surface area contributed by atoms with Gasteiger partial charge in [-0.3, -0.25) is 9.89 Å². The summed E-state index contributed by atoms with van der Waals surface area (Å²) in [5.74, 6) is 0.258. The third kappa shape index (κ3) is 2.43. The monoisotopic (exact) mass is 285 g/mol. The van der Waals surface area contributed by atoms with E-state index in [9.17, 15) is 18.0 Å². The number of hydrogen-bond acceptors (Lipinski definition) is 2. The van der Waals surface area contributed by atoms with Crippen LogP contribution in [-0.2, 0) is 6.18 Å². The number of anilines is 1. The number of aromatic amines is 1. The van der Waals surface area contributed by atoms with Crippen molar-refractivity contribution < 1.29 is 13.2 Å². The summed E-state index contributed by atoms with van der Waals surface area (Å²) in [6.07, 6.45) is -4.37. The summed E-state index contributed by atoms with van der Waals surface area (Å²) in [4.78, 5) is 11.9. The van der Waals surface area contributed by atoms with E-state index in [4.69, 9.17) is 5.73 Å². The Morgan fingerprint density at radius 2 is 1.80 bits per heavy atom. The fourth-order valence-electron chi connectivity index (χ4n) is 1.93. The average Bonchev–Trinajstić information content (AvgIpc) is 2.65. The van der Waals surface area contributed by atoms with Gasteiger partial charge in [0.15, 0.2) is 0 Å². The topological polar surface area (TPSA) is 63.8 Å². The smallest absolute Gasteiger partial charge is 0.384 e. The maximum absolute atomic E-state index is 12.5. The normalized spacial score (nSPS) is 13.4.